The highest BCUT2D eigenvalue weighted by Crippen LogP contribution is 2.23. The topological polar surface area (TPSA) is 464 Å². The van der Waals surface area contributed by atoms with Gasteiger partial charge in [-0.25, -0.2) is 11.0 Å². The first-order valence-corrected chi connectivity index (χ1v) is 40.8. The molecule has 1 aliphatic rings. The summed E-state index contributed by atoms with van der Waals surface area (Å²) in [7, 11) is -7.98. The zero-order valence-corrected chi connectivity index (χ0v) is 66.1. The second-order valence-corrected chi connectivity index (χ2v) is 32.0. The van der Waals surface area contributed by atoms with Gasteiger partial charge in [-0.3, -0.25) is 52.9 Å². The second-order valence-electron chi connectivity index (χ2n) is 28.4. The highest BCUT2D eigenvalue weighted by Gasteiger charge is 2.40. The van der Waals surface area contributed by atoms with Gasteiger partial charge in [0.1, 0.15) is 54.4 Å². The van der Waals surface area contributed by atoms with Crippen LogP contribution in [0.25, 0.3) is 10.8 Å². The summed E-state index contributed by atoms with van der Waals surface area (Å²) in [4.78, 5) is 151. The van der Waals surface area contributed by atoms with Gasteiger partial charge in [-0.05, 0) is 139 Å². The maximum atomic E-state index is 15.3. The molecule has 1 fully saturated rings. The molecule has 1 aliphatic heterocycles. The van der Waals surface area contributed by atoms with Crippen LogP contribution in [-0.4, -0.2) is 190 Å². The molecule has 10 atom stereocenters. The van der Waals surface area contributed by atoms with E-state index in [0.717, 1.165) is 23.3 Å². The zero-order chi connectivity index (χ0) is 81.8. The quantitative estimate of drug-likeness (QED) is 0.0149. The Morgan fingerprint density at radius 2 is 0.964 bits per heavy atom. The number of carbonyl (C=O) groups excluding carboxylic acids is 10. The molecular weight excluding hydrogens is 1510 g/mol. The van der Waals surface area contributed by atoms with Crippen LogP contribution in [0.15, 0.2) is 140 Å². The Morgan fingerprint density at radius 1 is 0.527 bits per heavy atom. The number of aliphatic hydroxyl groups is 1. The van der Waals surface area contributed by atoms with E-state index < -0.39 is 153 Å². The van der Waals surface area contributed by atoms with Crippen molar-refractivity contribution in [2.24, 2.45) is 11.7 Å². The number of hydrogen-bond donors (Lipinski definition) is 14. The van der Waals surface area contributed by atoms with Gasteiger partial charge in [-0.2, -0.15) is 25.4 Å². The Balaban J connectivity index is 1.20. The van der Waals surface area contributed by atoms with Crippen LogP contribution in [0.3, 0.4) is 0 Å². The number of amides is 10. The van der Waals surface area contributed by atoms with Gasteiger partial charge in [0, 0.05) is 69.0 Å². The van der Waals surface area contributed by atoms with Gasteiger partial charge in [0.15, 0.2) is 0 Å². The molecule has 112 heavy (non-hydrogen) atoms. The third kappa shape index (κ3) is 30.1. The molecule has 5 aromatic carbocycles. The smallest absolute Gasteiger partial charge is 0.284 e. The van der Waals surface area contributed by atoms with Crippen molar-refractivity contribution in [2.45, 2.75) is 179 Å². The monoisotopic (exact) mass is 1610 g/mol. The first-order chi connectivity index (χ1) is 53.1. The number of anilines is 2. The number of rotatable bonds is 43. The van der Waals surface area contributed by atoms with Crippen molar-refractivity contribution in [3.05, 3.63) is 173 Å². The van der Waals surface area contributed by atoms with Crippen LogP contribution in [0.1, 0.15) is 108 Å². The third-order valence-corrected chi connectivity index (χ3v) is 18.9. The lowest BCUT2D eigenvalue weighted by atomic mass is 9.99. The highest BCUT2D eigenvalue weighted by molar-refractivity contribution is 7.86. The summed E-state index contributed by atoms with van der Waals surface area (Å²) in [5, 5.41) is 41.0. The summed E-state index contributed by atoms with van der Waals surface area (Å²) >= 11 is 6.26. The van der Waals surface area contributed by atoms with E-state index in [2.05, 4.69) is 69.1 Å². The maximum Gasteiger partial charge on any atom is 0.284 e. The molecule has 1 saturated heterocycles. The molecule has 6 aromatic rings. The van der Waals surface area contributed by atoms with Crippen molar-refractivity contribution in [2.75, 3.05) is 43.2 Å². The summed E-state index contributed by atoms with van der Waals surface area (Å²) < 4.78 is 57.0. The Morgan fingerprint density at radius 3 is 1.43 bits per heavy atom. The second kappa shape index (κ2) is 43.0. The fourth-order valence-corrected chi connectivity index (χ4v) is 13.0. The summed E-state index contributed by atoms with van der Waals surface area (Å²) in [6.07, 6.45) is 4.69. The van der Waals surface area contributed by atoms with E-state index in [1.807, 2.05) is 56.3 Å². The van der Waals surface area contributed by atoms with Gasteiger partial charge in [-0.15, -0.1) is 0 Å². The fourth-order valence-electron chi connectivity index (χ4n) is 12.4. The van der Waals surface area contributed by atoms with Gasteiger partial charge in [0.05, 0.1) is 36.7 Å². The Hall–Kier alpha value is -10.2. The number of fused-ring (bicyclic) bond motifs is 1. The molecule has 0 spiro atoms. The van der Waals surface area contributed by atoms with Crippen LogP contribution in [0, 0.1) is 5.92 Å². The number of aliphatic hydroxyl groups excluding tert-OH is 1. The van der Waals surface area contributed by atoms with E-state index in [4.69, 9.17) is 25.9 Å². The molecule has 606 valence electrons. The standard InChI is InChI=1S/C77H102ClN15O17S2/c1-46(2)37-61(69(96)84-60(18-11-12-35-81-47(3)4)77(104)93-36-14-19-68(93)76(103)82-48(5)79)85-71(98)64(40-51-23-30-58(31-24-51)91-109-111(7,105)106)87-73(100)65(41-52-25-32-59(33-26-52)92-110-112(8,107)108)89-75(102)67(45-94)90-74(101)66(43-54-15-13-34-80-44-54)88-72(99)63(39-50-21-28-57(78)29-22-50)86-70(97)62(83-49(6)95)42-53-20-27-55-16-9-10-17-56(55)38-53/h9-10,13,15-17,20-34,38,44,46-48,60-68,81,91-92,94H,11-12,14,18-19,35-37,39-43,45,79H2,1-8H3,(H,82,103)(H,83,95)(H,84,96)(H,85,98)(H,86,97)(H,87,100)(H,88,99)(H,89,102)(H,90,101)/t48-,60+,61+,62-,63-,64-,65+,66-,67+,68+/m1/s1. The molecule has 0 radical (unpaired) electrons. The highest BCUT2D eigenvalue weighted by atomic mass is 35.5. The van der Waals surface area contributed by atoms with Crippen LogP contribution in [0.2, 0.25) is 5.02 Å². The number of benzene rings is 5. The molecule has 10 amide bonds. The fraction of sp³-hybridized carbons (Fsp3) is 0.442. The van der Waals surface area contributed by atoms with E-state index in [1.54, 1.807) is 57.2 Å². The van der Waals surface area contributed by atoms with Crippen LogP contribution in [-0.2, 0) is 109 Å². The first-order valence-electron chi connectivity index (χ1n) is 36.8. The zero-order valence-electron chi connectivity index (χ0n) is 63.8. The lowest BCUT2D eigenvalue weighted by Crippen LogP contribution is -2.62. The number of carbonyl (C=O) groups is 10. The minimum atomic E-state index is -4.00. The van der Waals surface area contributed by atoms with E-state index in [-0.39, 0.29) is 68.4 Å². The molecule has 15 N–H and O–H groups in total. The molecule has 0 unspecified atom stereocenters. The average Bonchev–Trinajstić information content (AvgIpc) is 1.67. The van der Waals surface area contributed by atoms with Gasteiger partial charge in [-0.1, -0.05) is 124 Å². The molecule has 2 heterocycles. The largest absolute Gasteiger partial charge is 0.394 e. The van der Waals surface area contributed by atoms with E-state index in [1.165, 1.54) is 72.7 Å². The number of pyridine rings is 1. The average molecular weight is 1610 g/mol. The molecule has 32 nitrogen and oxygen atoms in total. The number of halogens is 1. The predicted molar refractivity (Wildman–Crippen MR) is 421 cm³/mol. The van der Waals surface area contributed by atoms with Crippen LogP contribution in [0.5, 0.6) is 0 Å². The van der Waals surface area contributed by atoms with Crippen molar-refractivity contribution in [1.29, 1.82) is 0 Å². The number of nitrogens with two attached hydrogens (primary N) is 1. The molecular formula is C77H102ClN15O17S2. The Kier molecular flexibility index (Phi) is 34.2. The van der Waals surface area contributed by atoms with Crippen LogP contribution >= 0.6 is 11.6 Å². The van der Waals surface area contributed by atoms with Gasteiger partial charge in [0.25, 0.3) is 20.2 Å². The number of nitrogens with zero attached hydrogens (tertiary/aromatic N) is 2. The number of hydrogen-bond acceptors (Lipinski definition) is 22. The minimum absolute atomic E-state index is 0.00463. The van der Waals surface area contributed by atoms with Crippen molar-refractivity contribution in [3.8, 4) is 0 Å². The van der Waals surface area contributed by atoms with Crippen LogP contribution < -0.4 is 69.9 Å². The first kappa shape index (κ1) is 89.0. The van der Waals surface area contributed by atoms with E-state index >= 15 is 9.59 Å². The predicted octanol–water partition coefficient (Wildman–Crippen LogP) is 2.52. The lowest BCUT2D eigenvalue weighted by Gasteiger charge is -2.31. The molecule has 0 aliphatic carbocycles. The number of nitrogens with one attached hydrogen (secondary N) is 12. The van der Waals surface area contributed by atoms with Gasteiger partial charge >= 0.3 is 0 Å². The molecule has 35 heteroatoms. The molecule has 1 aromatic heterocycles. The van der Waals surface area contributed by atoms with Crippen molar-refractivity contribution >= 4 is 113 Å². The van der Waals surface area contributed by atoms with E-state index in [9.17, 15) is 60.3 Å². The molecule has 7 rings (SSSR count). The summed E-state index contributed by atoms with van der Waals surface area (Å²) in [5.74, 6) is -8.42. The van der Waals surface area contributed by atoms with Gasteiger partial charge in [0.2, 0.25) is 59.1 Å². The van der Waals surface area contributed by atoms with E-state index in [0.29, 0.717) is 65.1 Å². The summed E-state index contributed by atoms with van der Waals surface area (Å²) in [5.41, 5.74) is 13.1. The van der Waals surface area contributed by atoms with Crippen LogP contribution in [0.4, 0.5) is 11.4 Å². The maximum absolute atomic E-state index is 15.3. The molecule has 0 saturated carbocycles. The lowest BCUT2D eigenvalue weighted by molar-refractivity contribution is -0.142. The van der Waals surface area contributed by atoms with Crippen molar-refractivity contribution < 1.29 is 78.5 Å². The number of likely N-dealkylation sites (tertiary alicyclic amines) is 1. The third-order valence-electron chi connectivity index (χ3n) is 17.9. The van der Waals surface area contributed by atoms with Crippen molar-refractivity contribution in [1.82, 2.24) is 63.1 Å². The van der Waals surface area contributed by atoms with Crippen molar-refractivity contribution in [3.63, 3.8) is 0 Å². The minimum Gasteiger partial charge on any atom is -0.394 e. The SMILES string of the molecule is CC(=O)N[C@H](Cc1ccc2ccccc2c1)C(=O)N[C@H](Cc1ccc(Cl)cc1)C(=O)N[C@H](Cc1cccnc1)C(=O)N[C@@H](CO)C(=O)N[C@@H](Cc1ccc(NOS(C)(=O)=O)cc1)C(=O)N[C@H](Cc1ccc(NOS(C)(=O)=O)cc1)C(=O)N[C@@H](CC(C)C)C(=O)N[C@@H](CCCCNC(C)C)C(=O)N1CCC[C@H]1C(=O)N[C@H](C)N. The number of aromatic nitrogens is 1. The number of unbranched alkanes of at least 4 members (excludes halogenated alkanes) is 1. The van der Waals surface area contributed by atoms with Gasteiger partial charge < -0.3 is 68.9 Å². The summed E-state index contributed by atoms with van der Waals surface area (Å²) in [6, 6.07) is 21.5. The Bertz CT molecular complexity index is 4440. The normalized spacial score (nSPS) is 15.4. The summed E-state index contributed by atoms with van der Waals surface area (Å²) in [6.45, 7) is 10.1. The Labute approximate surface area is 657 Å². The molecule has 0 bridgehead atoms.